The Morgan fingerprint density at radius 2 is 0.727 bits per heavy atom. The Hall–Kier alpha value is -1.02. The normalized spacial score (nSPS) is 16.1. The van der Waals surface area contributed by atoms with Crippen molar-refractivity contribution in [1.29, 1.82) is 0 Å². The fourth-order valence-corrected chi connectivity index (χ4v) is 1.01. The highest BCUT2D eigenvalue weighted by atomic mass is 19.4. The van der Waals surface area contributed by atoms with Gasteiger partial charge in [0.1, 0.15) is 6.61 Å². The highest BCUT2D eigenvalue weighted by Gasteiger charge is 2.86. The first-order valence-corrected chi connectivity index (χ1v) is 4.49. The van der Waals surface area contributed by atoms with Gasteiger partial charge in [-0.05, 0) is 0 Å². The van der Waals surface area contributed by atoms with Gasteiger partial charge in [0.15, 0.2) is 0 Å². The van der Waals surface area contributed by atoms with Crippen molar-refractivity contribution in [2.45, 2.75) is 36.2 Å². The lowest BCUT2D eigenvalue weighted by molar-refractivity contribution is -0.466. The van der Waals surface area contributed by atoms with Gasteiger partial charge in [-0.1, -0.05) is 0 Å². The highest BCUT2D eigenvalue weighted by Crippen LogP contribution is 2.55. The van der Waals surface area contributed by atoms with E-state index >= 15 is 0 Å². The van der Waals surface area contributed by atoms with Crippen molar-refractivity contribution in [3.8, 4) is 0 Å². The van der Waals surface area contributed by atoms with Gasteiger partial charge in [-0.3, -0.25) is 0 Å². The summed E-state index contributed by atoms with van der Waals surface area (Å²) in [4.78, 5) is 0. The van der Waals surface area contributed by atoms with Gasteiger partial charge >= 0.3 is 36.2 Å². The number of ether oxygens (including phenoxy) is 1. The molecule has 0 fully saturated rings. The fraction of sp³-hybridized carbons (Fsp3) is 1.00. The van der Waals surface area contributed by atoms with Crippen LogP contribution in [0.1, 0.15) is 0 Å². The number of hydrogen-bond donors (Lipinski definition) is 0. The Kier molecular flexibility index (Phi) is 5.02. The quantitative estimate of drug-likeness (QED) is 0.661. The highest BCUT2D eigenvalue weighted by molar-refractivity contribution is 5.03. The maximum Gasteiger partial charge on any atom is 0.455 e. The molecule has 0 aliphatic rings. The van der Waals surface area contributed by atoms with Crippen LogP contribution in [0.15, 0.2) is 0 Å². The van der Waals surface area contributed by atoms with Crippen molar-refractivity contribution in [3.05, 3.63) is 0 Å². The lowest BCUT2D eigenvalue weighted by Gasteiger charge is -2.38. The van der Waals surface area contributed by atoms with Crippen molar-refractivity contribution in [2.75, 3.05) is 6.61 Å². The predicted octanol–water partition coefficient (Wildman–Crippen LogP) is 4.63. The second-order valence-corrected chi connectivity index (χ2v) is 3.67. The molecule has 0 aromatic heterocycles. The van der Waals surface area contributed by atoms with Crippen LogP contribution in [0.3, 0.4) is 0 Å². The summed E-state index contributed by atoms with van der Waals surface area (Å²) in [5.74, 6) is -6.38. The molecule has 0 atom stereocenters. The maximum atomic E-state index is 12.3. The second-order valence-electron chi connectivity index (χ2n) is 3.67. The first-order valence-electron chi connectivity index (χ1n) is 4.49. The summed E-state index contributed by atoms with van der Waals surface area (Å²) in [5, 5.41) is 0. The van der Waals surface area contributed by atoms with Gasteiger partial charge in [-0.25, -0.2) is 0 Å². The Balaban J connectivity index is 5.95. The van der Waals surface area contributed by atoms with Crippen LogP contribution in [0.2, 0.25) is 0 Å². The Morgan fingerprint density at radius 3 is 0.909 bits per heavy atom. The first-order chi connectivity index (χ1) is 9.21. The summed E-state index contributed by atoms with van der Waals surface area (Å²) in [7, 11) is 0. The summed E-state index contributed by atoms with van der Waals surface area (Å²) in [6, 6.07) is 0. The molecule has 0 amide bonds. The third kappa shape index (κ3) is 3.48. The predicted molar refractivity (Wildman–Crippen MR) is 37.8 cm³/mol. The Bertz CT molecular complexity index is 344. The molecule has 0 unspecified atom stereocenters. The molecule has 134 valence electrons. The molecule has 1 nitrogen and oxygen atoms in total. The van der Waals surface area contributed by atoms with Crippen LogP contribution in [0.25, 0.3) is 0 Å². The van der Waals surface area contributed by atoms with Gasteiger partial charge in [0.2, 0.25) is 0 Å². The van der Waals surface area contributed by atoms with E-state index in [0.717, 1.165) is 0 Å². The molecule has 0 spiro atoms. The van der Waals surface area contributed by atoms with Gasteiger partial charge in [0.25, 0.3) is 0 Å². The summed E-state index contributed by atoms with van der Waals surface area (Å²) < 4.78 is 171. The fourth-order valence-electron chi connectivity index (χ4n) is 1.01. The minimum Gasteiger partial charge on any atom is -0.344 e. The molecule has 0 aromatic rings. The van der Waals surface area contributed by atoms with E-state index < -0.39 is 42.8 Å². The topological polar surface area (TPSA) is 9.23 Å². The van der Waals surface area contributed by atoms with Crippen LogP contribution < -0.4 is 0 Å². The van der Waals surface area contributed by atoms with Crippen molar-refractivity contribution in [2.24, 2.45) is 0 Å². The van der Waals surface area contributed by atoms with E-state index in [4.69, 9.17) is 0 Å². The average Bonchev–Trinajstić information content (AvgIpc) is 2.08. The van der Waals surface area contributed by atoms with Crippen molar-refractivity contribution in [3.63, 3.8) is 0 Å². The SMILES string of the molecule is FC(F)(F)C(F)(F)COC(C(F)(F)F)(C(F)(F)F)C(F)(F)F. The molecule has 0 aliphatic heterocycles. The summed E-state index contributed by atoms with van der Waals surface area (Å²) >= 11 is 0. The molecule has 0 aliphatic carbocycles. The van der Waals surface area contributed by atoms with Crippen LogP contribution in [0.4, 0.5) is 61.5 Å². The van der Waals surface area contributed by atoms with Gasteiger partial charge < -0.3 is 4.74 Å². The molecule has 0 rings (SSSR count). The van der Waals surface area contributed by atoms with Gasteiger partial charge in [0, 0.05) is 0 Å². The Labute approximate surface area is 110 Å². The van der Waals surface area contributed by atoms with Gasteiger partial charge in [-0.15, -0.1) is 0 Å². The second kappa shape index (κ2) is 5.26. The van der Waals surface area contributed by atoms with Crippen LogP contribution in [0, 0.1) is 0 Å². The molecule has 0 bridgehead atoms. The van der Waals surface area contributed by atoms with Crippen LogP contribution in [-0.4, -0.2) is 42.8 Å². The molecular formula is C7H2F14O. The Morgan fingerprint density at radius 1 is 0.455 bits per heavy atom. The van der Waals surface area contributed by atoms with Gasteiger partial charge in [0.05, 0.1) is 0 Å². The third-order valence-electron chi connectivity index (χ3n) is 2.08. The van der Waals surface area contributed by atoms with E-state index in [0.29, 0.717) is 0 Å². The van der Waals surface area contributed by atoms with Gasteiger partial charge in [-0.2, -0.15) is 61.5 Å². The number of hydrogen-bond acceptors (Lipinski definition) is 1. The molecule has 0 saturated heterocycles. The van der Waals surface area contributed by atoms with E-state index in [1.54, 1.807) is 0 Å². The van der Waals surface area contributed by atoms with Crippen LogP contribution >= 0.6 is 0 Å². The molecular weight excluding hydrogens is 366 g/mol. The van der Waals surface area contributed by atoms with E-state index in [1.165, 1.54) is 0 Å². The molecule has 0 aromatic carbocycles. The third-order valence-corrected chi connectivity index (χ3v) is 2.08. The zero-order valence-corrected chi connectivity index (χ0v) is 9.41. The summed E-state index contributed by atoms with van der Waals surface area (Å²) in [6.45, 7) is -3.84. The zero-order valence-electron chi connectivity index (χ0n) is 9.41. The maximum absolute atomic E-state index is 12.3. The number of rotatable bonds is 3. The van der Waals surface area contributed by atoms with Crippen molar-refractivity contribution >= 4 is 0 Å². The van der Waals surface area contributed by atoms with Crippen molar-refractivity contribution in [1.82, 2.24) is 0 Å². The van der Waals surface area contributed by atoms with E-state index in [2.05, 4.69) is 4.74 Å². The van der Waals surface area contributed by atoms with E-state index in [9.17, 15) is 61.5 Å². The average molecular weight is 368 g/mol. The molecule has 0 saturated carbocycles. The first kappa shape index (κ1) is 21.0. The monoisotopic (exact) mass is 368 g/mol. The molecule has 0 radical (unpaired) electrons. The number of alkyl halides is 14. The summed E-state index contributed by atoms with van der Waals surface area (Å²) in [5.41, 5.74) is -7.19. The molecule has 0 N–H and O–H groups in total. The lowest BCUT2D eigenvalue weighted by atomic mass is 10.0. The van der Waals surface area contributed by atoms with Crippen molar-refractivity contribution < 1.29 is 66.2 Å². The lowest BCUT2D eigenvalue weighted by Crippen LogP contribution is -2.68. The van der Waals surface area contributed by atoms with E-state index in [1.807, 2.05) is 0 Å². The molecule has 22 heavy (non-hydrogen) atoms. The van der Waals surface area contributed by atoms with E-state index in [-0.39, 0.29) is 0 Å². The zero-order chi connectivity index (χ0) is 18.4. The number of halogens is 14. The minimum absolute atomic E-state index is 2.07. The smallest absolute Gasteiger partial charge is 0.344 e. The van der Waals surface area contributed by atoms with Crippen LogP contribution in [-0.2, 0) is 4.74 Å². The largest absolute Gasteiger partial charge is 0.455 e. The summed E-state index contributed by atoms with van der Waals surface area (Å²) in [6.07, 6.45) is -28.9. The van der Waals surface area contributed by atoms with Crippen LogP contribution in [0.5, 0.6) is 0 Å². The standard InChI is InChI=1S/C7H2F14O/c8-2(9,4(10,11)12)1-22-3(5(13,14)15,6(16,17)18)7(19,20)21/h1H2. The minimum atomic E-state index is -7.40. The molecule has 0 heterocycles. The molecule has 15 heteroatoms.